The van der Waals surface area contributed by atoms with Crippen LogP contribution in [0.25, 0.3) is 0 Å². The first-order chi connectivity index (χ1) is 7.84. The summed E-state index contributed by atoms with van der Waals surface area (Å²) in [4.78, 5) is 2.40. The molecule has 4 nitrogen and oxygen atoms in total. The van der Waals surface area contributed by atoms with E-state index in [2.05, 4.69) is 4.90 Å². The molecule has 94 valence electrons. The van der Waals surface area contributed by atoms with Crippen LogP contribution in [0.5, 0.6) is 0 Å². The molecule has 0 radical (unpaired) electrons. The van der Waals surface area contributed by atoms with E-state index >= 15 is 0 Å². The van der Waals surface area contributed by atoms with Gasteiger partial charge in [0.2, 0.25) is 0 Å². The Hall–Kier alpha value is -0.160. The highest BCUT2D eigenvalue weighted by Gasteiger charge is 2.18. The number of hydrogen-bond acceptors (Lipinski definition) is 4. The van der Waals surface area contributed by atoms with Crippen LogP contribution >= 0.6 is 0 Å². The minimum absolute atomic E-state index is 0.0483. The van der Waals surface area contributed by atoms with E-state index in [1.54, 1.807) is 0 Å². The second-order valence-corrected chi connectivity index (χ2v) is 4.87. The summed E-state index contributed by atoms with van der Waals surface area (Å²) in [6, 6.07) is 0.361. The molecule has 2 heterocycles. The van der Waals surface area contributed by atoms with Crippen molar-refractivity contribution in [3.63, 3.8) is 0 Å². The number of likely N-dealkylation sites (tertiary alicyclic amines) is 1. The normalized spacial score (nSPS) is 32.8. The standard InChI is InChI=1S/C12H24N2O2/c13-11-4-3-6-14(10-11)7-9-16-12-5-1-2-8-15-12/h11-12H,1-10,13H2/t11-,12-/m0/s1. The van der Waals surface area contributed by atoms with Gasteiger partial charge >= 0.3 is 0 Å². The molecule has 0 aromatic heterocycles. The van der Waals surface area contributed by atoms with Crippen molar-refractivity contribution in [2.24, 2.45) is 5.73 Å². The molecule has 2 aliphatic heterocycles. The number of rotatable bonds is 4. The highest BCUT2D eigenvalue weighted by molar-refractivity contribution is 4.74. The van der Waals surface area contributed by atoms with Crippen molar-refractivity contribution in [1.82, 2.24) is 4.90 Å². The molecule has 4 heteroatoms. The molecule has 0 amide bonds. The van der Waals surface area contributed by atoms with Crippen LogP contribution in [0.4, 0.5) is 0 Å². The second-order valence-electron chi connectivity index (χ2n) is 4.87. The van der Waals surface area contributed by atoms with Crippen molar-refractivity contribution in [2.45, 2.75) is 44.4 Å². The van der Waals surface area contributed by atoms with Crippen LogP contribution in [0.2, 0.25) is 0 Å². The van der Waals surface area contributed by atoms with Crippen LogP contribution in [0.1, 0.15) is 32.1 Å². The summed E-state index contributed by atoms with van der Waals surface area (Å²) >= 11 is 0. The lowest BCUT2D eigenvalue weighted by Crippen LogP contribution is -2.44. The van der Waals surface area contributed by atoms with Crippen molar-refractivity contribution in [3.8, 4) is 0 Å². The molecule has 0 saturated carbocycles. The Balaban J connectivity index is 1.56. The van der Waals surface area contributed by atoms with Gasteiger partial charge in [0.25, 0.3) is 0 Å². The lowest BCUT2D eigenvalue weighted by atomic mass is 10.1. The number of hydrogen-bond donors (Lipinski definition) is 1. The average molecular weight is 228 g/mol. The maximum atomic E-state index is 5.93. The van der Waals surface area contributed by atoms with E-state index in [-0.39, 0.29) is 6.29 Å². The molecule has 2 fully saturated rings. The lowest BCUT2D eigenvalue weighted by Gasteiger charge is -2.31. The monoisotopic (exact) mass is 228 g/mol. The summed E-state index contributed by atoms with van der Waals surface area (Å²) in [6.45, 7) is 4.82. The van der Waals surface area contributed by atoms with Gasteiger partial charge in [-0.3, -0.25) is 4.90 Å². The van der Waals surface area contributed by atoms with Crippen LogP contribution in [-0.4, -0.2) is 50.1 Å². The third-order valence-electron chi connectivity index (χ3n) is 3.39. The maximum absolute atomic E-state index is 5.93. The number of nitrogens with zero attached hydrogens (tertiary/aromatic N) is 1. The first-order valence-electron chi connectivity index (χ1n) is 6.56. The van der Waals surface area contributed by atoms with Gasteiger partial charge in [0.1, 0.15) is 0 Å². The summed E-state index contributed by atoms with van der Waals surface area (Å²) in [5.74, 6) is 0. The number of nitrogens with two attached hydrogens (primary N) is 1. The Kier molecular flexibility index (Phi) is 5.03. The van der Waals surface area contributed by atoms with E-state index in [4.69, 9.17) is 15.2 Å². The van der Waals surface area contributed by atoms with Gasteiger partial charge in [0, 0.05) is 25.7 Å². The summed E-state index contributed by atoms with van der Waals surface area (Å²) in [7, 11) is 0. The van der Waals surface area contributed by atoms with Gasteiger partial charge in [0.15, 0.2) is 6.29 Å². The molecule has 0 aliphatic carbocycles. The molecule has 2 saturated heterocycles. The fourth-order valence-electron chi connectivity index (χ4n) is 2.45. The third-order valence-corrected chi connectivity index (χ3v) is 3.39. The summed E-state index contributed by atoms with van der Waals surface area (Å²) < 4.78 is 11.2. The smallest absolute Gasteiger partial charge is 0.157 e. The predicted octanol–water partition coefficient (Wildman–Crippen LogP) is 0.953. The Labute approximate surface area is 98.1 Å². The van der Waals surface area contributed by atoms with Gasteiger partial charge in [0.05, 0.1) is 6.61 Å². The molecule has 0 bridgehead atoms. The van der Waals surface area contributed by atoms with Gasteiger partial charge in [-0.25, -0.2) is 0 Å². The minimum Gasteiger partial charge on any atom is -0.353 e. The van der Waals surface area contributed by atoms with Crippen molar-refractivity contribution in [2.75, 3.05) is 32.8 Å². The van der Waals surface area contributed by atoms with Crippen LogP contribution < -0.4 is 5.73 Å². The zero-order valence-electron chi connectivity index (χ0n) is 10.1. The van der Waals surface area contributed by atoms with Crippen LogP contribution in [0.15, 0.2) is 0 Å². The first kappa shape index (κ1) is 12.3. The molecule has 0 aromatic rings. The van der Waals surface area contributed by atoms with Gasteiger partial charge in [-0.1, -0.05) is 0 Å². The summed E-state index contributed by atoms with van der Waals surface area (Å²) in [5, 5.41) is 0. The quantitative estimate of drug-likeness (QED) is 0.778. The van der Waals surface area contributed by atoms with Crippen molar-refractivity contribution in [3.05, 3.63) is 0 Å². The molecule has 16 heavy (non-hydrogen) atoms. The third kappa shape index (κ3) is 4.01. The van der Waals surface area contributed by atoms with E-state index < -0.39 is 0 Å². The molecule has 0 aromatic carbocycles. The Morgan fingerprint density at radius 3 is 2.94 bits per heavy atom. The Bertz CT molecular complexity index is 195. The fraction of sp³-hybridized carbons (Fsp3) is 1.00. The average Bonchev–Trinajstić information content (AvgIpc) is 2.30. The van der Waals surface area contributed by atoms with Crippen LogP contribution in [0, 0.1) is 0 Å². The zero-order valence-corrected chi connectivity index (χ0v) is 10.1. The number of ether oxygens (including phenoxy) is 2. The molecule has 2 rings (SSSR count). The molecular formula is C12H24N2O2. The molecular weight excluding hydrogens is 204 g/mol. The first-order valence-corrected chi connectivity index (χ1v) is 6.56. The SMILES string of the molecule is N[C@H]1CCCN(CCO[C@H]2CCCCO2)C1. The van der Waals surface area contributed by atoms with Gasteiger partial charge < -0.3 is 15.2 Å². The summed E-state index contributed by atoms with van der Waals surface area (Å²) in [5.41, 5.74) is 5.93. The largest absolute Gasteiger partial charge is 0.353 e. The van der Waals surface area contributed by atoms with Crippen LogP contribution in [0.3, 0.4) is 0 Å². The van der Waals surface area contributed by atoms with E-state index in [0.29, 0.717) is 6.04 Å². The van der Waals surface area contributed by atoms with Crippen molar-refractivity contribution < 1.29 is 9.47 Å². The predicted molar refractivity (Wildman–Crippen MR) is 63.2 cm³/mol. The van der Waals surface area contributed by atoms with E-state index in [0.717, 1.165) is 32.7 Å². The van der Waals surface area contributed by atoms with E-state index in [9.17, 15) is 0 Å². The van der Waals surface area contributed by atoms with Crippen LogP contribution in [-0.2, 0) is 9.47 Å². The minimum atomic E-state index is 0.0483. The van der Waals surface area contributed by atoms with Crippen molar-refractivity contribution in [1.29, 1.82) is 0 Å². The van der Waals surface area contributed by atoms with Gasteiger partial charge in [-0.15, -0.1) is 0 Å². The number of piperidine rings is 1. The maximum Gasteiger partial charge on any atom is 0.157 e. The highest BCUT2D eigenvalue weighted by Crippen LogP contribution is 2.14. The Morgan fingerprint density at radius 1 is 1.25 bits per heavy atom. The fourth-order valence-corrected chi connectivity index (χ4v) is 2.45. The van der Waals surface area contributed by atoms with Crippen molar-refractivity contribution >= 4 is 0 Å². The molecule has 0 unspecified atom stereocenters. The summed E-state index contributed by atoms with van der Waals surface area (Å²) in [6.07, 6.45) is 5.91. The topological polar surface area (TPSA) is 47.7 Å². The second kappa shape index (κ2) is 6.55. The van der Waals surface area contributed by atoms with E-state index in [1.807, 2.05) is 0 Å². The highest BCUT2D eigenvalue weighted by atomic mass is 16.7. The molecule has 2 N–H and O–H groups in total. The zero-order chi connectivity index (χ0) is 11.2. The van der Waals surface area contributed by atoms with Gasteiger partial charge in [-0.05, 0) is 38.6 Å². The molecule has 2 atom stereocenters. The Morgan fingerprint density at radius 2 is 2.19 bits per heavy atom. The van der Waals surface area contributed by atoms with E-state index in [1.165, 1.54) is 32.2 Å². The molecule has 2 aliphatic rings. The molecule has 0 spiro atoms. The lowest BCUT2D eigenvalue weighted by molar-refractivity contribution is -0.164. The van der Waals surface area contributed by atoms with Gasteiger partial charge in [-0.2, -0.15) is 0 Å².